The van der Waals surface area contributed by atoms with E-state index in [1.165, 1.54) is 31.7 Å². The normalized spacial score (nSPS) is 31.5. The molecule has 1 aliphatic heterocycles. The largest absolute Gasteiger partial charge is 0.302 e. The average molecular weight is 327 g/mol. The summed E-state index contributed by atoms with van der Waals surface area (Å²) in [4.78, 5) is 13.1. The van der Waals surface area contributed by atoms with Crippen molar-refractivity contribution in [1.29, 1.82) is 5.26 Å². The molecule has 3 atom stereocenters. The topological polar surface area (TPSA) is 70.2 Å². The molecule has 0 aromatic heterocycles. The molecule has 0 unspecified atom stereocenters. The molecule has 1 aromatic carbocycles. The maximum atomic E-state index is 11.1. The van der Waals surface area contributed by atoms with E-state index in [0.717, 1.165) is 25.2 Å². The zero-order valence-electron chi connectivity index (χ0n) is 14.5. The van der Waals surface area contributed by atoms with E-state index in [1.807, 2.05) is 6.07 Å². The van der Waals surface area contributed by atoms with Crippen LogP contribution in [0.2, 0.25) is 0 Å². The number of hydrogen-bond acceptors (Lipinski definition) is 4. The van der Waals surface area contributed by atoms with Crippen molar-refractivity contribution in [3.63, 3.8) is 0 Å². The summed E-state index contributed by atoms with van der Waals surface area (Å²) in [5.74, 6) is 0.281. The molecule has 1 heterocycles. The Labute approximate surface area is 143 Å². The van der Waals surface area contributed by atoms with Crippen molar-refractivity contribution >= 4 is 5.69 Å². The molecule has 0 radical (unpaired) electrons. The molecule has 24 heavy (non-hydrogen) atoms. The van der Waals surface area contributed by atoms with Crippen LogP contribution in [0.15, 0.2) is 24.3 Å². The van der Waals surface area contributed by atoms with Gasteiger partial charge in [-0.25, -0.2) is 0 Å². The van der Waals surface area contributed by atoms with Crippen molar-refractivity contribution in [2.45, 2.75) is 44.9 Å². The molecule has 128 valence electrons. The maximum Gasteiger partial charge on any atom is 0.269 e. The van der Waals surface area contributed by atoms with Crippen LogP contribution >= 0.6 is 0 Å². The first-order chi connectivity index (χ1) is 11.5. The van der Waals surface area contributed by atoms with Gasteiger partial charge in [-0.3, -0.25) is 10.1 Å². The Hall–Kier alpha value is -1.93. The van der Waals surface area contributed by atoms with Crippen LogP contribution < -0.4 is 0 Å². The molecule has 5 heteroatoms. The van der Waals surface area contributed by atoms with Crippen LogP contribution in [0.1, 0.15) is 45.1 Å². The summed E-state index contributed by atoms with van der Waals surface area (Å²) in [5.41, 5.74) is 0.255. The Bertz CT molecular complexity index is 683. The molecule has 0 bridgehead atoms. The highest BCUT2D eigenvalue weighted by Gasteiger charge is 2.78. The van der Waals surface area contributed by atoms with Crippen LogP contribution in [-0.2, 0) is 5.41 Å². The zero-order valence-corrected chi connectivity index (χ0v) is 14.5. The smallest absolute Gasteiger partial charge is 0.269 e. The lowest BCUT2D eigenvalue weighted by Gasteiger charge is -2.25. The first-order valence-electron chi connectivity index (χ1n) is 8.88. The number of unbranched alkanes of at least 4 members (excludes halogenated alkanes) is 3. The lowest BCUT2D eigenvalue weighted by Crippen LogP contribution is -2.33. The van der Waals surface area contributed by atoms with E-state index < -0.39 is 5.41 Å². The molecular weight excluding hydrogens is 302 g/mol. The Morgan fingerprint density at radius 2 is 2.21 bits per heavy atom. The molecule has 0 amide bonds. The third-order valence-electron chi connectivity index (χ3n) is 6.12. The summed E-state index contributed by atoms with van der Waals surface area (Å²) in [5, 5.41) is 21.0. The highest BCUT2D eigenvalue weighted by molar-refractivity contribution is 5.53. The first-order valence-corrected chi connectivity index (χ1v) is 8.88. The summed E-state index contributed by atoms with van der Waals surface area (Å²) < 4.78 is 0. The first kappa shape index (κ1) is 16.9. The van der Waals surface area contributed by atoms with Crippen molar-refractivity contribution in [1.82, 2.24) is 4.90 Å². The monoisotopic (exact) mass is 327 g/mol. The van der Waals surface area contributed by atoms with Crippen LogP contribution in [0.4, 0.5) is 5.69 Å². The number of nitro benzene ring substituents is 1. The number of piperidine rings is 1. The van der Waals surface area contributed by atoms with Crippen molar-refractivity contribution < 1.29 is 4.92 Å². The van der Waals surface area contributed by atoms with E-state index in [2.05, 4.69) is 24.8 Å². The fraction of sp³-hybridized carbons (Fsp3) is 0.632. The van der Waals surface area contributed by atoms with Gasteiger partial charge in [-0.2, -0.15) is 5.26 Å². The van der Waals surface area contributed by atoms with Gasteiger partial charge >= 0.3 is 0 Å². The number of benzene rings is 1. The van der Waals surface area contributed by atoms with Gasteiger partial charge in [0.1, 0.15) is 0 Å². The van der Waals surface area contributed by atoms with Crippen molar-refractivity contribution in [3.05, 3.63) is 39.9 Å². The maximum absolute atomic E-state index is 11.1. The Kier molecular flexibility index (Phi) is 4.35. The van der Waals surface area contributed by atoms with Crippen LogP contribution in [0.3, 0.4) is 0 Å². The summed E-state index contributed by atoms with van der Waals surface area (Å²) in [7, 11) is 0. The minimum atomic E-state index is -0.557. The number of nitrogens with zero attached hydrogens (tertiary/aromatic N) is 3. The molecule has 2 aliphatic rings. The van der Waals surface area contributed by atoms with E-state index in [0.29, 0.717) is 0 Å². The highest BCUT2D eigenvalue weighted by Crippen LogP contribution is 2.72. The second-order valence-electron chi connectivity index (χ2n) is 7.49. The molecule has 1 aliphatic carbocycles. The number of likely N-dealkylation sites (tertiary alicyclic amines) is 1. The number of rotatable bonds is 7. The third-order valence-corrected chi connectivity index (χ3v) is 6.12. The quantitative estimate of drug-likeness (QED) is 0.433. The Morgan fingerprint density at radius 1 is 1.42 bits per heavy atom. The van der Waals surface area contributed by atoms with E-state index in [-0.39, 0.29) is 21.9 Å². The fourth-order valence-corrected chi connectivity index (χ4v) is 4.74. The predicted octanol–water partition coefficient (Wildman–Crippen LogP) is 3.89. The van der Waals surface area contributed by atoms with E-state index >= 15 is 0 Å². The van der Waals surface area contributed by atoms with Gasteiger partial charge in [0, 0.05) is 36.6 Å². The average Bonchev–Trinajstić information content (AvgIpc) is 2.88. The highest BCUT2D eigenvalue weighted by atomic mass is 16.6. The van der Waals surface area contributed by atoms with Crippen molar-refractivity contribution in [2.75, 3.05) is 19.6 Å². The molecular formula is C19H25N3O2. The van der Waals surface area contributed by atoms with E-state index in [4.69, 9.17) is 0 Å². The number of non-ortho nitro benzene ring substituents is 1. The van der Waals surface area contributed by atoms with Crippen molar-refractivity contribution in [3.8, 4) is 6.07 Å². The number of fused-ring (bicyclic) bond motifs is 1. The molecule has 1 saturated heterocycles. The van der Waals surface area contributed by atoms with Gasteiger partial charge in [0.25, 0.3) is 5.69 Å². The standard InChI is InChI=1S/C19H25N3O2/c1-3-4-5-6-10-21-12-17-18(2,14-21)19(17,13-20)15-8-7-9-16(11-15)22(23)24/h7-9,11,17H,3-6,10,12,14H2,1-2H3/t17-,18+,19+/m1/s1. The van der Waals surface area contributed by atoms with Gasteiger partial charge in [0.15, 0.2) is 0 Å². The van der Waals surface area contributed by atoms with Gasteiger partial charge in [-0.15, -0.1) is 0 Å². The lowest BCUT2D eigenvalue weighted by molar-refractivity contribution is -0.384. The zero-order chi connectivity index (χ0) is 17.4. The minimum Gasteiger partial charge on any atom is -0.302 e. The summed E-state index contributed by atoms with van der Waals surface area (Å²) in [6, 6.07) is 9.20. The number of nitro groups is 1. The third kappa shape index (κ3) is 2.41. The number of hydrogen-bond donors (Lipinski definition) is 0. The van der Waals surface area contributed by atoms with Crippen LogP contribution in [0.5, 0.6) is 0 Å². The van der Waals surface area contributed by atoms with Crippen LogP contribution in [-0.4, -0.2) is 29.5 Å². The lowest BCUT2D eigenvalue weighted by atomic mass is 9.86. The summed E-state index contributed by atoms with van der Waals surface area (Å²) >= 11 is 0. The summed E-state index contributed by atoms with van der Waals surface area (Å²) in [6.07, 6.45) is 5.00. The second-order valence-corrected chi connectivity index (χ2v) is 7.49. The molecule has 0 spiro atoms. The van der Waals surface area contributed by atoms with Crippen LogP contribution in [0.25, 0.3) is 0 Å². The summed E-state index contributed by atoms with van der Waals surface area (Å²) in [6.45, 7) is 7.33. The van der Waals surface area contributed by atoms with E-state index in [1.54, 1.807) is 12.1 Å². The molecule has 1 aromatic rings. The molecule has 3 rings (SSSR count). The molecule has 0 N–H and O–H groups in total. The number of nitriles is 1. The second kappa shape index (κ2) is 6.18. The Morgan fingerprint density at radius 3 is 2.79 bits per heavy atom. The SMILES string of the molecule is CCCCCCN1C[C@@H]2[C@](C)(C1)[C@@]2(C#N)c1cccc([N+](=O)[O-])c1. The van der Waals surface area contributed by atoms with Crippen LogP contribution in [0, 0.1) is 32.8 Å². The van der Waals surface area contributed by atoms with Gasteiger partial charge in [-0.1, -0.05) is 45.2 Å². The Balaban J connectivity index is 1.73. The fourth-order valence-electron chi connectivity index (χ4n) is 4.74. The van der Waals surface area contributed by atoms with Gasteiger partial charge in [-0.05, 0) is 18.5 Å². The van der Waals surface area contributed by atoms with Gasteiger partial charge in [0.2, 0.25) is 0 Å². The van der Waals surface area contributed by atoms with Gasteiger partial charge < -0.3 is 4.90 Å². The van der Waals surface area contributed by atoms with Crippen molar-refractivity contribution in [2.24, 2.45) is 11.3 Å². The van der Waals surface area contributed by atoms with Gasteiger partial charge in [0.05, 0.1) is 16.4 Å². The molecule has 5 nitrogen and oxygen atoms in total. The minimum absolute atomic E-state index is 0.0760. The molecule has 2 fully saturated rings. The molecule has 1 saturated carbocycles. The van der Waals surface area contributed by atoms with E-state index in [9.17, 15) is 15.4 Å². The predicted molar refractivity (Wildman–Crippen MR) is 92.6 cm³/mol.